The third-order valence-electron chi connectivity index (χ3n) is 6.74. The minimum Gasteiger partial charge on any atom is -0.392 e. The van der Waals surface area contributed by atoms with Gasteiger partial charge < -0.3 is 15.3 Å². The number of allylic oxidation sites excluding steroid dienone is 8. The van der Waals surface area contributed by atoms with Crippen LogP contribution >= 0.6 is 11.3 Å². The number of hydrogen-bond donors (Lipinski definition) is 2. The monoisotopic (exact) mass is 660 g/mol. The molecule has 0 radical (unpaired) electrons. The molecule has 0 fully saturated rings. The summed E-state index contributed by atoms with van der Waals surface area (Å²) in [5.41, 5.74) is 5.04. The summed E-state index contributed by atoms with van der Waals surface area (Å²) < 4.78 is 39.6. The number of rotatable bonds is 7. The zero-order valence-corrected chi connectivity index (χ0v) is 30.3. The average molecular weight is 661 g/mol. The molecular weight excluding hydrogens is 605 g/mol. The molecule has 256 valence electrons. The van der Waals surface area contributed by atoms with Crippen molar-refractivity contribution in [2.75, 3.05) is 11.9 Å². The smallest absolute Gasteiger partial charge is 0.392 e. The van der Waals surface area contributed by atoms with E-state index in [1.807, 2.05) is 39.0 Å². The molecule has 3 rings (SSSR count). The van der Waals surface area contributed by atoms with Gasteiger partial charge in [-0.3, -0.25) is 4.79 Å². The van der Waals surface area contributed by atoms with Crippen molar-refractivity contribution in [3.8, 4) is 0 Å². The summed E-state index contributed by atoms with van der Waals surface area (Å²) in [6.45, 7) is 25.6. The highest BCUT2D eigenvalue weighted by Gasteiger charge is 2.33. The van der Waals surface area contributed by atoms with Gasteiger partial charge in [0.1, 0.15) is 0 Å². The quantitative estimate of drug-likeness (QED) is 0.291. The number of carbonyl (C=O) groups excluding carboxylic acids is 1. The Labute approximate surface area is 280 Å². The number of alkyl halides is 3. The number of aliphatic hydroxyl groups excluding tert-OH is 1. The molecule has 0 bridgehead atoms. The summed E-state index contributed by atoms with van der Waals surface area (Å²) in [6.07, 6.45) is 8.79. The largest absolute Gasteiger partial charge is 0.416 e. The zero-order valence-electron chi connectivity index (χ0n) is 29.5. The summed E-state index contributed by atoms with van der Waals surface area (Å²) >= 11 is 1.47. The fraction of sp³-hybridized carbons (Fsp3) is 0.447. The topological polar surface area (TPSA) is 52.6 Å². The number of amides is 1. The van der Waals surface area contributed by atoms with Crippen molar-refractivity contribution in [2.24, 2.45) is 0 Å². The van der Waals surface area contributed by atoms with Gasteiger partial charge in [-0.15, -0.1) is 11.3 Å². The fourth-order valence-electron chi connectivity index (χ4n) is 3.90. The van der Waals surface area contributed by atoms with Crippen molar-refractivity contribution in [3.05, 3.63) is 110 Å². The maximum atomic E-state index is 13.2. The molecular formula is C38H55F3N2O2S. The van der Waals surface area contributed by atoms with Gasteiger partial charge in [0.2, 0.25) is 0 Å². The highest BCUT2D eigenvalue weighted by Crippen LogP contribution is 2.35. The summed E-state index contributed by atoms with van der Waals surface area (Å²) in [5.74, 6) is -0.436. The molecule has 0 saturated heterocycles. The maximum absolute atomic E-state index is 13.2. The van der Waals surface area contributed by atoms with Crippen LogP contribution in [0.2, 0.25) is 0 Å². The van der Waals surface area contributed by atoms with Crippen LogP contribution in [0.4, 0.5) is 18.9 Å². The van der Waals surface area contributed by atoms with Crippen LogP contribution in [0.1, 0.15) is 114 Å². The highest BCUT2D eigenvalue weighted by atomic mass is 32.1. The third kappa shape index (κ3) is 14.4. The van der Waals surface area contributed by atoms with Crippen LogP contribution in [-0.4, -0.2) is 22.5 Å². The Bertz CT molecular complexity index is 1360. The summed E-state index contributed by atoms with van der Waals surface area (Å²) in [4.78, 5) is 16.0. The standard InChI is InChI=1S/C22H23F3N2O2S.C10H16.2C3H8/c1-4-13(2)14(3)27-8-7-17-18(12-30-20(17)10-27)21(29)26-16-6-5-15(11-28)19(9-16)22(23,24)25;1-5-6-7-8-10(4)9(2)3;2*1-3-2/h4-6,9,12,28H,3,7-8,10-11H2,1-2H3,(H,26,29);5-8H,1-4H3;2*3H2,1-2H3/b13-4+;6-5-,8-7-;;. The first-order valence-electron chi connectivity index (χ1n) is 15.9. The molecule has 0 atom stereocenters. The first-order chi connectivity index (χ1) is 21.7. The lowest BCUT2D eigenvalue weighted by atomic mass is 10.0. The molecule has 1 aliphatic rings. The van der Waals surface area contributed by atoms with Crippen LogP contribution in [0.5, 0.6) is 0 Å². The molecule has 4 nitrogen and oxygen atoms in total. The van der Waals surface area contributed by atoms with E-state index in [2.05, 4.69) is 77.4 Å². The van der Waals surface area contributed by atoms with E-state index in [0.29, 0.717) is 18.5 Å². The van der Waals surface area contributed by atoms with Crippen molar-refractivity contribution in [1.29, 1.82) is 0 Å². The van der Waals surface area contributed by atoms with Crippen LogP contribution in [0.15, 0.2) is 83.0 Å². The van der Waals surface area contributed by atoms with E-state index in [9.17, 15) is 18.0 Å². The molecule has 0 saturated carbocycles. The van der Waals surface area contributed by atoms with Crippen LogP contribution in [0.25, 0.3) is 0 Å². The summed E-state index contributed by atoms with van der Waals surface area (Å²) in [5, 5.41) is 13.5. The molecule has 0 aliphatic carbocycles. The lowest BCUT2D eigenvalue weighted by Gasteiger charge is -2.31. The van der Waals surface area contributed by atoms with Gasteiger partial charge in [-0.05, 0) is 76.8 Å². The van der Waals surface area contributed by atoms with Crippen LogP contribution in [0.3, 0.4) is 0 Å². The maximum Gasteiger partial charge on any atom is 0.416 e. The van der Waals surface area contributed by atoms with Crippen molar-refractivity contribution in [2.45, 2.75) is 108 Å². The zero-order chi connectivity index (χ0) is 35.4. The molecule has 46 heavy (non-hydrogen) atoms. The second-order valence-electron chi connectivity index (χ2n) is 11.1. The molecule has 2 N–H and O–H groups in total. The number of hydrogen-bond acceptors (Lipinski definition) is 4. The number of nitrogens with zero attached hydrogens (tertiary/aromatic N) is 1. The van der Waals surface area contributed by atoms with Gasteiger partial charge in [0, 0.05) is 28.2 Å². The van der Waals surface area contributed by atoms with Gasteiger partial charge in [-0.1, -0.05) is 94.7 Å². The number of fused-ring (bicyclic) bond motifs is 1. The van der Waals surface area contributed by atoms with Gasteiger partial charge in [-0.2, -0.15) is 13.2 Å². The minimum atomic E-state index is -4.61. The highest BCUT2D eigenvalue weighted by molar-refractivity contribution is 7.10. The number of benzene rings is 1. The molecule has 0 spiro atoms. The molecule has 1 aromatic carbocycles. The average Bonchev–Trinajstić information content (AvgIpc) is 3.44. The Balaban J connectivity index is 0.00000105. The van der Waals surface area contributed by atoms with E-state index >= 15 is 0 Å². The van der Waals surface area contributed by atoms with Crippen molar-refractivity contribution in [3.63, 3.8) is 0 Å². The number of carbonyl (C=O) groups is 1. The Kier molecular flexibility index (Phi) is 20.6. The van der Waals surface area contributed by atoms with Gasteiger partial charge in [0.25, 0.3) is 5.91 Å². The molecule has 2 heterocycles. The van der Waals surface area contributed by atoms with Crippen molar-refractivity contribution < 1.29 is 23.1 Å². The van der Waals surface area contributed by atoms with Crippen LogP contribution < -0.4 is 5.32 Å². The molecule has 2 aromatic rings. The van der Waals surface area contributed by atoms with E-state index < -0.39 is 24.3 Å². The van der Waals surface area contributed by atoms with Crippen molar-refractivity contribution in [1.82, 2.24) is 4.90 Å². The van der Waals surface area contributed by atoms with Gasteiger partial charge in [0.15, 0.2) is 0 Å². The van der Waals surface area contributed by atoms with Crippen molar-refractivity contribution >= 4 is 22.9 Å². The lowest BCUT2D eigenvalue weighted by molar-refractivity contribution is -0.138. The van der Waals surface area contributed by atoms with E-state index in [4.69, 9.17) is 5.11 Å². The predicted molar refractivity (Wildman–Crippen MR) is 192 cm³/mol. The Morgan fingerprint density at radius 1 is 1.07 bits per heavy atom. The Hall–Kier alpha value is -3.36. The summed E-state index contributed by atoms with van der Waals surface area (Å²) in [7, 11) is 0. The number of thiophene rings is 1. The minimum absolute atomic E-state index is 0.0407. The molecule has 1 aliphatic heterocycles. The lowest BCUT2D eigenvalue weighted by Crippen LogP contribution is -2.30. The number of anilines is 1. The van der Waals surface area contributed by atoms with E-state index in [1.54, 1.807) is 5.38 Å². The molecule has 1 aromatic heterocycles. The number of halogens is 3. The molecule has 1 amide bonds. The van der Waals surface area contributed by atoms with Gasteiger partial charge in [-0.25, -0.2) is 0 Å². The van der Waals surface area contributed by atoms with E-state index in [0.717, 1.165) is 34.3 Å². The first-order valence-corrected chi connectivity index (χ1v) is 16.8. The first kappa shape index (κ1) is 42.6. The van der Waals surface area contributed by atoms with Gasteiger partial charge in [0.05, 0.1) is 24.3 Å². The molecule has 8 heteroatoms. The van der Waals surface area contributed by atoms with Gasteiger partial charge >= 0.3 is 6.18 Å². The van der Waals surface area contributed by atoms with Crippen LogP contribution in [-0.2, 0) is 25.7 Å². The second kappa shape index (κ2) is 22.2. The third-order valence-corrected chi connectivity index (χ3v) is 7.76. The molecule has 0 unspecified atom stereocenters. The normalized spacial score (nSPS) is 12.7. The number of aliphatic hydroxyl groups is 1. The van der Waals surface area contributed by atoms with E-state index in [-0.39, 0.29) is 11.3 Å². The second-order valence-corrected chi connectivity index (χ2v) is 12.1. The predicted octanol–water partition coefficient (Wildman–Crippen LogP) is 11.7. The Morgan fingerprint density at radius 2 is 1.67 bits per heavy atom. The number of nitrogens with one attached hydrogen (secondary N) is 1. The van der Waals surface area contributed by atoms with Crippen LogP contribution in [0, 0.1) is 0 Å². The van der Waals surface area contributed by atoms with E-state index in [1.165, 1.54) is 47.5 Å². The summed E-state index contributed by atoms with van der Waals surface area (Å²) in [6, 6.07) is 3.39. The fourth-order valence-corrected chi connectivity index (χ4v) is 4.99. The SMILES string of the molecule is C/C=C\C=C/C(C)=C(C)C.C=C(/C(C)=C/C)N1CCc2c(C(=O)Nc3ccc(CO)c(C(F)(F)F)c3)csc2C1.CCC.CCC. The Morgan fingerprint density at radius 3 is 2.17 bits per heavy atom.